The highest BCUT2D eigenvalue weighted by molar-refractivity contribution is 5.75. The van der Waals surface area contributed by atoms with Gasteiger partial charge in [0.25, 0.3) is 0 Å². The lowest BCUT2D eigenvalue weighted by Gasteiger charge is -2.39. The first-order chi connectivity index (χ1) is 6.72. The summed E-state index contributed by atoms with van der Waals surface area (Å²) in [4.78, 5) is 11.5. The summed E-state index contributed by atoms with van der Waals surface area (Å²) < 4.78 is 0. The van der Waals surface area contributed by atoms with Crippen molar-refractivity contribution in [1.29, 1.82) is 0 Å². The van der Waals surface area contributed by atoms with E-state index in [1.165, 1.54) is 0 Å². The number of carbonyl (C=O) groups is 1. The van der Waals surface area contributed by atoms with Gasteiger partial charge >= 0.3 is 5.97 Å². The lowest BCUT2D eigenvalue weighted by atomic mass is 9.65. The van der Waals surface area contributed by atoms with Crippen molar-refractivity contribution < 1.29 is 9.90 Å². The highest BCUT2D eigenvalue weighted by Gasteiger charge is 2.43. The van der Waals surface area contributed by atoms with Crippen molar-refractivity contribution in [2.45, 2.75) is 60.8 Å². The Morgan fingerprint density at radius 1 is 1.20 bits per heavy atom. The van der Waals surface area contributed by atoms with Crippen LogP contribution in [0.1, 0.15) is 60.8 Å². The predicted octanol–water partition coefficient (Wildman–Crippen LogP) is 3.95. The molecule has 0 radical (unpaired) electrons. The first-order valence-corrected chi connectivity index (χ1v) is 5.95. The molecule has 0 aliphatic carbocycles. The van der Waals surface area contributed by atoms with E-state index in [1.54, 1.807) is 0 Å². The fraction of sp³-hybridized carbons (Fsp3) is 0.923. The van der Waals surface area contributed by atoms with E-state index in [9.17, 15) is 9.90 Å². The summed E-state index contributed by atoms with van der Waals surface area (Å²) in [6.45, 7) is 12.5. The van der Waals surface area contributed by atoms with Gasteiger partial charge in [0.1, 0.15) is 0 Å². The monoisotopic (exact) mass is 214 g/mol. The number of aliphatic carboxylic acids is 1. The van der Waals surface area contributed by atoms with E-state index in [0.29, 0.717) is 6.42 Å². The van der Waals surface area contributed by atoms with Gasteiger partial charge in [0.15, 0.2) is 0 Å². The van der Waals surface area contributed by atoms with Crippen molar-refractivity contribution in [3.05, 3.63) is 0 Å². The van der Waals surface area contributed by atoms with Gasteiger partial charge in [-0.1, -0.05) is 48.0 Å². The van der Waals surface area contributed by atoms with Crippen LogP contribution in [0.25, 0.3) is 0 Å². The van der Waals surface area contributed by atoms with Crippen LogP contribution >= 0.6 is 0 Å². The third kappa shape index (κ3) is 3.22. The standard InChI is InChI=1S/C13H26O2/c1-7-12(5,6)9-13(8-2,10(3)4)11(14)15/h10H,7-9H2,1-6H3,(H,14,15). The van der Waals surface area contributed by atoms with Crippen LogP contribution in [0.4, 0.5) is 0 Å². The second-order valence-corrected chi connectivity index (χ2v) is 5.66. The smallest absolute Gasteiger partial charge is 0.309 e. The lowest BCUT2D eigenvalue weighted by molar-refractivity contribution is -0.155. The van der Waals surface area contributed by atoms with Gasteiger partial charge < -0.3 is 5.11 Å². The molecule has 0 aromatic carbocycles. The molecule has 0 aromatic rings. The third-order valence-corrected chi connectivity index (χ3v) is 3.91. The Hall–Kier alpha value is -0.530. The van der Waals surface area contributed by atoms with Crippen LogP contribution < -0.4 is 0 Å². The highest BCUT2D eigenvalue weighted by atomic mass is 16.4. The van der Waals surface area contributed by atoms with Crippen molar-refractivity contribution in [2.75, 3.05) is 0 Å². The molecule has 15 heavy (non-hydrogen) atoms. The molecule has 0 fully saturated rings. The maximum atomic E-state index is 11.5. The minimum absolute atomic E-state index is 0.110. The van der Waals surface area contributed by atoms with Gasteiger partial charge in [-0.2, -0.15) is 0 Å². The minimum atomic E-state index is -0.637. The SMILES string of the molecule is CCC(C)(C)CC(CC)(C(=O)O)C(C)C. The minimum Gasteiger partial charge on any atom is -0.481 e. The topological polar surface area (TPSA) is 37.3 Å². The fourth-order valence-electron chi connectivity index (χ4n) is 2.19. The molecule has 0 amide bonds. The Morgan fingerprint density at radius 2 is 1.67 bits per heavy atom. The van der Waals surface area contributed by atoms with Crippen LogP contribution in [0, 0.1) is 16.7 Å². The van der Waals surface area contributed by atoms with Crippen LogP contribution in [0.15, 0.2) is 0 Å². The van der Waals surface area contributed by atoms with Crippen molar-refractivity contribution in [2.24, 2.45) is 16.7 Å². The quantitative estimate of drug-likeness (QED) is 0.727. The summed E-state index contributed by atoms with van der Waals surface area (Å²) in [6, 6.07) is 0. The summed E-state index contributed by atoms with van der Waals surface area (Å²) >= 11 is 0. The number of rotatable bonds is 6. The fourth-order valence-corrected chi connectivity index (χ4v) is 2.19. The average Bonchev–Trinajstić information content (AvgIpc) is 2.13. The van der Waals surface area contributed by atoms with Gasteiger partial charge in [-0.05, 0) is 24.2 Å². The summed E-state index contributed by atoms with van der Waals surface area (Å²) in [5.74, 6) is -0.452. The molecule has 1 N–H and O–H groups in total. The molecule has 2 heteroatoms. The Kier molecular flexibility index (Phi) is 4.82. The zero-order valence-corrected chi connectivity index (χ0v) is 11.1. The van der Waals surface area contributed by atoms with E-state index in [2.05, 4.69) is 20.8 Å². The number of carboxylic acid groups (broad SMARTS) is 1. The van der Waals surface area contributed by atoms with E-state index >= 15 is 0 Å². The lowest BCUT2D eigenvalue weighted by Crippen LogP contribution is -2.39. The molecule has 0 spiro atoms. The molecule has 2 nitrogen and oxygen atoms in total. The number of carboxylic acids is 1. The van der Waals surface area contributed by atoms with Crippen molar-refractivity contribution in [3.8, 4) is 0 Å². The Bertz CT molecular complexity index is 219. The molecular formula is C13H26O2. The van der Waals surface area contributed by atoms with Crippen LogP contribution in [0.2, 0.25) is 0 Å². The molecule has 0 bridgehead atoms. The van der Waals surface area contributed by atoms with Gasteiger partial charge in [-0.25, -0.2) is 0 Å². The second-order valence-electron chi connectivity index (χ2n) is 5.66. The van der Waals surface area contributed by atoms with Crippen molar-refractivity contribution in [1.82, 2.24) is 0 Å². The van der Waals surface area contributed by atoms with Crippen LogP contribution in [-0.4, -0.2) is 11.1 Å². The molecule has 0 heterocycles. The summed E-state index contributed by atoms with van der Waals surface area (Å²) in [7, 11) is 0. The zero-order valence-electron chi connectivity index (χ0n) is 11.1. The average molecular weight is 214 g/mol. The van der Waals surface area contributed by atoms with Crippen molar-refractivity contribution in [3.63, 3.8) is 0 Å². The summed E-state index contributed by atoms with van der Waals surface area (Å²) in [6.07, 6.45) is 2.50. The Labute approximate surface area is 94.1 Å². The van der Waals surface area contributed by atoms with Gasteiger partial charge in [0.05, 0.1) is 5.41 Å². The Balaban J connectivity index is 5.03. The summed E-state index contributed by atoms with van der Waals surface area (Å²) in [5.41, 5.74) is -0.446. The highest BCUT2D eigenvalue weighted by Crippen LogP contribution is 2.44. The zero-order chi connectivity index (χ0) is 12.3. The number of hydrogen-bond donors (Lipinski definition) is 1. The van der Waals surface area contributed by atoms with Gasteiger partial charge in [0.2, 0.25) is 0 Å². The Morgan fingerprint density at radius 3 is 1.87 bits per heavy atom. The molecule has 0 aliphatic heterocycles. The van der Waals surface area contributed by atoms with E-state index in [0.717, 1.165) is 12.8 Å². The molecule has 0 rings (SSSR count). The van der Waals surface area contributed by atoms with E-state index in [-0.39, 0.29) is 11.3 Å². The first kappa shape index (κ1) is 14.5. The molecule has 1 unspecified atom stereocenters. The normalized spacial score (nSPS) is 16.5. The van der Waals surface area contributed by atoms with Crippen LogP contribution in [0.5, 0.6) is 0 Å². The molecule has 1 atom stereocenters. The maximum absolute atomic E-state index is 11.5. The van der Waals surface area contributed by atoms with Gasteiger partial charge in [0, 0.05) is 0 Å². The van der Waals surface area contributed by atoms with Gasteiger partial charge in [-0.3, -0.25) is 4.79 Å². The molecule has 90 valence electrons. The predicted molar refractivity (Wildman–Crippen MR) is 63.9 cm³/mol. The first-order valence-electron chi connectivity index (χ1n) is 5.95. The molecule has 0 saturated carbocycles. The molecule has 0 saturated heterocycles. The van der Waals surface area contributed by atoms with Crippen molar-refractivity contribution >= 4 is 5.97 Å². The van der Waals surface area contributed by atoms with Crippen LogP contribution in [-0.2, 0) is 4.79 Å². The van der Waals surface area contributed by atoms with Crippen LogP contribution in [0.3, 0.4) is 0 Å². The third-order valence-electron chi connectivity index (χ3n) is 3.91. The summed E-state index contributed by atoms with van der Waals surface area (Å²) in [5, 5.41) is 9.45. The maximum Gasteiger partial charge on any atom is 0.309 e. The largest absolute Gasteiger partial charge is 0.481 e. The van der Waals surface area contributed by atoms with E-state index < -0.39 is 11.4 Å². The molecule has 0 aliphatic rings. The molecule has 0 aromatic heterocycles. The molecular weight excluding hydrogens is 188 g/mol. The van der Waals surface area contributed by atoms with E-state index in [4.69, 9.17) is 0 Å². The van der Waals surface area contributed by atoms with E-state index in [1.807, 2.05) is 20.8 Å². The number of hydrogen-bond acceptors (Lipinski definition) is 1. The van der Waals surface area contributed by atoms with Gasteiger partial charge in [-0.15, -0.1) is 0 Å². The second kappa shape index (κ2) is 5.00.